The van der Waals surface area contributed by atoms with E-state index in [1.54, 1.807) is 6.07 Å². The van der Waals surface area contributed by atoms with E-state index in [9.17, 15) is 9.90 Å². The number of carbonyl (C=O) groups is 1. The molecule has 0 spiro atoms. The fourth-order valence-electron chi connectivity index (χ4n) is 2.12. The highest BCUT2D eigenvalue weighted by Crippen LogP contribution is 2.15. The van der Waals surface area contributed by atoms with Crippen molar-refractivity contribution in [2.75, 3.05) is 18.6 Å². The van der Waals surface area contributed by atoms with Crippen molar-refractivity contribution in [2.24, 2.45) is 0 Å². The molecular formula is C16H18N2O3. The Hall–Kier alpha value is -2.40. The van der Waals surface area contributed by atoms with Crippen molar-refractivity contribution in [3.8, 4) is 0 Å². The van der Waals surface area contributed by atoms with Gasteiger partial charge in [0.25, 0.3) is 0 Å². The molecule has 1 aromatic heterocycles. The maximum atomic E-state index is 10.8. The molecule has 2 rings (SSSR count). The first-order valence-electron chi connectivity index (χ1n) is 6.68. The lowest BCUT2D eigenvalue weighted by molar-refractivity contribution is 0.0696. The van der Waals surface area contributed by atoms with Crippen LogP contribution in [0.15, 0.2) is 48.7 Å². The number of aliphatic hydroxyl groups is 1. The maximum Gasteiger partial charge on any atom is 0.337 e. The SMILES string of the molecule is CN(c1ccc(C(=O)O)cn1)[C@H](CO)Cc1ccccc1. The van der Waals surface area contributed by atoms with Crippen LogP contribution < -0.4 is 4.90 Å². The molecule has 2 N–H and O–H groups in total. The van der Waals surface area contributed by atoms with Crippen LogP contribution >= 0.6 is 0 Å². The number of aliphatic hydroxyl groups excluding tert-OH is 1. The first-order valence-corrected chi connectivity index (χ1v) is 6.68. The van der Waals surface area contributed by atoms with E-state index < -0.39 is 5.97 Å². The van der Waals surface area contributed by atoms with Gasteiger partial charge in [-0.05, 0) is 24.1 Å². The van der Waals surface area contributed by atoms with Crippen molar-refractivity contribution in [1.29, 1.82) is 0 Å². The highest BCUT2D eigenvalue weighted by molar-refractivity contribution is 5.87. The minimum Gasteiger partial charge on any atom is -0.478 e. The van der Waals surface area contributed by atoms with Crippen LogP contribution in [-0.2, 0) is 6.42 Å². The highest BCUT2D eigenvalue weighted by atomic mass is 16.4. The second kappa shape index (κ2) is 6.85. The summed E-state index contributed by atoms with van der Waals surface area (Å²) in [5.74, 6) is -0.366. The average Bonchev–Trinajstić information content (AvgIpc) is 2.53. The van der Waals surface area contributed by atoms with Crippen molar-refractivity contribution >= 4 is 11.8 Å². The van der Waals surface area contributed by atoms with E-state index in [4.69, 9.17) is 5.11 Å². The molecule has 0 aliphatic rings. The number of carboxylic acids is 1. The second-order valence-electron chi connectivity index (χ2n) is 4.85. The van der Waals surface area contributed by atoms with Gasteiger partial charge in [0.1, 0.15) is 5.82 Å². The number of hydrogen-bond donors (Lipinski definition) is 2. The fourth-order valence-corrected chi connectivity index (χ4v) is 2.12. The van der Waals surface area contributed by atoms with Gasteiger partial charge in [-0.15, -0.1) is 0 Å². The molecule has 0 bridgehead atoms. The van der Waals surface area contributed by atoms with Crippen LogP contribution in [0.5, 0.6) is 0 Å². The average molecular weight is 286 g/mol. The summed E-state index contributed by atoms with van der Waals surface area (Å²) in [6.45, 7) is -0.00619. The van der Waals surface area contributed by atoms with Crippen LogP contribution in [0.4, 0.5) is 5.82 Å². The van der Waals surface area contributed by atoms with Crippen LogP contribution in [0.1, 0.15) is 15.9 Å². The van der Waals surface area contributed by atoms with Crippen molar-refractivity contribution < 1.29 is 15.0 Å². The fraction of sp³-hybridized carbons (Fsp3) is 0.250. The Morgan fingerprint density at radius 3 is 2.48 bits per heavy atom. The molecule has 21 heavy (non-hydrogen) atoms. The van der Waals surface area contributed by atoms with Gasteiger partial charge in [0.05, 0.1) is 18.2 Å². The minimum absolute atomic E-state index is 0.00619. The number of benzene rings is 1. The van der Waals surface area contributed by atoms with Gasteiger partial charge in [0.15, 0.2) is 0 Å². The molecule has 0 unspecified atom stereocenters. The summed E-state index contributed by atoms with van der Waals surface area (Å²) in [6.07, 6.45) is 2.02. The summed E-state index contributed by atoms with van der Waals surface area (Å²) < 4.78 is 0. The van der Waals surface area contributed by atoms with Gasteiger partial charge in [-0.3, -0.25) is 0 Å². The maximum absolute atomic E-state index is 10.8. The van der Waals surface area contributed by atoms with Gasteiger partial charge in [0.2, 0.25) is 0 Å². The molecule has 1 heterocycles. The highest BCUT2D eigenvalue weighted by Gasteiger charge is 2.16. The van der Waals surface area contributed by atoms with Crippen LogP contribution in [0.3, 0.4) is 0 Å². The van der Waals surface area contributed by atoms with E-state index in [2.05, 4.69) is 4.98 Å². The van der Waals surface area contributed by atoms with E-state index in [1.165, 1.54) is 12.3 Å². The zero-order chi connectivity index (χ0) is 15.2. The number of anilines is 1. The molecule has 110 valence electrons. The standard InChI is InChI=1S/C16H18N2O3/c1-18(15-8-7-13(10-17-15)16(20)21)14(11-19)9-12-5-3-2-4-6-12/h2-8,10,14,19H,9,11H2,1H3,(H,20,21)/t14-/m0/s1. The molecular weight excluding hydrogens is 268 g/mol. The Morgan fingerprint density at radius 2 is 1.95 bits per heavy atom. The summed E-state index contributed by atoms with van der Waals surface area (Å²) in [6, 6.07) is 12.9. The smallest absolute Gasteiger partial charge is 0.337 e. The van der Waals surface area contributed by atoms with Crippen LogP contribution in [0.2, 0.25) is 0 Å². The predicted octanol–water partition coefficient (Wildman–Crippen LogP) is 1.82. The van der Waals surface area contributed by atoms with Gasteiger partial charge < -0.3 is 15.1 Å². The monoisotopic (exact) mass is 286 g/mol. The summed E-state index contributed by atoms with van der Waals surface area (Å²) in [5.41, 5.74) is 1.28. The van der Waals surface area contributed by atoms with Gasteiger partial charge in [-0.25, -0.2) is 9.78 Å². The molecule has 1 atom stereocenters. The Balaban J connectivity index is 2.12. The third-order valence-electron chi connectivity index (χ3n) is 3.43. The third kappa shape index (κ3) is 3.79. The first-order chi connectivity index (χ1) is 10.1. The largest absolute Gasteiger partial charge is 0.478 e. The number of carboxylic acid groups (broad SMARTS) is 1. The van der Waals surface area contributed by atoms with Gasteiger partial charge in [-0.1, -0.05) is 30.3 Å². The zero-order valence-electron chi connectivity index (χ0n) is 11.8. The number of hydrogen-bond acceptors (Lipinski definition) is 4. The Kier molecular flexibility index (Phi) is 4.90. The molecule has 0 aliphatic heterocycles. The Labute approximate surface area is 123 Å². The van der Waals surface area contributed by atoms with E-state index >= 15 is 0 Å². The van der Waals surface area contributed by atoms with Crippen LogP contribution in [0, 0.1) is 0 Å². The van der Waals surface area contributed by atoms with E-state index in [0.717, 1.165) is 5.56 Å². The summed E-state index contributed by atoms with van der Waals surface area (Å²) in [5, 5.41) is 18.5. The number of aromatic nitrogens is 1. The van der Waals surface area contributed by atoms with Crippen molar-refractivity contribution in [1.82, 2.24) is 4.98 Å². The molecule has 5 heteroatoms. The molecule has 0 saturated carbocycles. The predicted molar refractivity (Wildman–Crippen MR) is 80.6 cm³/mol. The number of pyridine rings is 1. The molecule has 0 aliphatic carbocycles. The lowest BCUT2D eigenvalue weighted by Gasteiger charge is -2.27. The van der Waals surface area contributed by atoms with Crippen LogP contribution in [0.25, 0.3) is 0 Å². The summed E-state index contributed by atoms with van der Waals surface area (Å²) >= 11 is 0. The molecule has 1 aromatic carbocycles. The molecule has 0 radical (unpaired) electrons. The Bertz CT molecular complexity index is 584. The minimum atomic E-state index is -1.00. The van der Waals surface area contributed by atoms with Crippen LogP contribution in [-0.4, -0.2) is 40.9 Å². The normalized spacial score (nSPS) is 11.9. The van der Waals surface area contributed by atoms with Gasteiger partial charge >= 0.3 is 5.97 Å². The van der Waals surface area contributed by atoms with Crippen molar-refractivity contribution in [3.63, 3.8) is 0 Å². The number of nitrogens with zero attached hydrogens (tertiary/aromatic N) is 2. The van der Waals surface area contributed by atoms with Gasteiger partial charge in [0, 0.05) is 13.2 Å². The number of likely N-dealkylation sites (N-methyl/N-ethyl adjacent to an activating group) is 1. The van der Waals surface area contributed by atoms with Crippen molar-refractivity contribution in [2.45, 2.75) is 12.5 Å². The second-order valence-corrected chi connectivity index (χ2v) is 4.85. The van der Waals surface area contributed by atoms with E-state index in [-0.39, 0.29) is 18.2 Å². The summed E-state index contributed by atoms with van der Waals surface area (Å²) in [7, 11) is 1.84. The number of rotatable bonds is 6. The molecule has 0 saturated heterocycles. The van der Waals surface area contributed by atoms with Crippen molar-refractivity contribution in [3.05, 3.63) is 59.8 Å². The molecule has 0 fully saturated rings. The first kappa shape index (κ1) is 15.0. The quantitative estimate of drug-likeness (QED) is 0.847. The molecule has 0 amide bonds. The number of aromatic carboxylic acids is 1. The van der Waals surface area contributed by atoms with E-state index in [1.807, 2.05) is 42.3 Å². The lowest BCUT2D eigenvalue weighted by Crippen LogP contribution is -2.37. The molecule has 2 aromatic rings. The summed E-state index contributed by atoms with van der Waals surface area (Å²) in [4.78, 5) is 16.8. The molecule has 5 nitrogen and oxygen atoms in total. The van der Waals surface area contributed by atoms with E-state index in [0.29, 0.717) is 12.2 Å². The van der Waals surface area contributed by atoms with Gasteiger partial charge in [-0.2, -0.15) is 0 Å². The third-order valence-corrected chi connectivity index (χ3v) is 3.43. The Morgan fingerprint density at radius 1 is 1.24 bits per heavy atom. The topological polar surface area (TPSA) is 73.7 Å². The lowest BCUT2D eigenvalue weighted by atomic mass is 10.1. The zero-order valence-corrected chi connectivity index (χ0v) is 11.8.